The Morgan fingerprint density at radius 1 is 0.404 bits per heavy atom. The largest absolute Gasteiger partial charge is 0.456 e. The van der Waals surface area contributed by atoms with Crippen LogP contribution in [0.2, 0.25) is 0 Å². The minimum absolute atomic E-state index is 0.912. The second-order valence-corrected chi connectivity index (χ2v) is 13.2. The molecule has 0 spiro atoms. The van der Waals surface area contributed by atoms with Gasteiger partial charge in [0, 0.05) is 47.6 Å². The average molecular weight is 618 g/mol. The zero-order chi connectivity index (χ0) is 30.9. The molecule has 10 rings (SSSR count). The summed E-state index contributed by atoms with van der Waals surface area (Å²) in [6.45, 7) is 0. The van der Waals surface area contributed by atoms with Gasteiger partial charge in [0.05, 0.1) is 11.2 Å². The van der Waals surface area contributed by atoms with Gasteiger partial charge in [-0.3, -0.25) is 0 Å². The smallest absolute Gasteiger partial charge is 0.135 e. The van der Waals surface area contributed by atoms with E-state index in [2.05, 4.69) is 156 Å². The molecule has 220 valence electrons. The van der Waals surface area contributed by atoms with Crippen molar-refractivity contribution >= 4 is 64.4 Å². The number of thiophene rings is 1. The predicted molar refractivity (Wildman–Crippen MR) is 200 cm³/mol. The van der Waals surface area contributed by atoms with Gasteiger partial charge in [0.15, 0.2) is 0 Å². The molecule has 2 nitrogen and oxygen atoms in total. The molecule has 0 aliphatic heterocycles. The molecule has 47 heavy (non-hydrogen) atoms. The lowest BCUT2D eigenvalue weighted by Gasteiger charge is -2.13. The maximum atomic E-state index is 6.16. The molecular formula is C44H27NOS. The Balaban J connectivity index is 1.29. The maximum Gasteiger partial charge on any atom is 0.135 e. The lowest BCUT2D eigenvalue weighted by atomic mass is 9.95. The Hall–Kier alpha value is -5.90. The van der Waals surface area contributed by atoms with Gasteiger partial charge in [-0.05, 0) is 76.9 Å². The molecule has 0 saturated heterocycles. The van der Waals surface area contributed by atoms with E-state index < -0.39 is 0 Å². The Morgan fingerprint density at radius 3 is 1.89 bits per heavy atom. The quantitative estimate of drug-likeness (QED) is 0.192. The van der Waals surface area contributed by atoms with Crippen LogP contribution in [0.1, 0.15) is 0 Å². The van der Waals surface area contributed by atoms with Crippen molar-refractivity contribution < 1.29 is 4.42 Å². The van der Waals surface area contributed by atoms with E-state index in [1.54, 1.807) is 0 Å². The summed E-state index contributed by atoms with van der Waals surface area (Å²) in [5.41, 5.74) is 11.3. The van der Waals surface area contributed by atoms with Gasteiger partial charge in [0.25, 0.3) is 0 Å². The van der Waals surface area contributed by atoms with E-state index in [-0.39, 0.29) is 0 Å². The molecule has 0 atom stereocenters. The number of furan rings is 1. The summed E-state index contributed by atoms with van der Waals surface area (Å²) < 4.78 is 11.2. The summed E-state index contributed by atoms with van der Waals surface area (Å²) in [4.78, 5) is 0. The van der Waals surface area contributed by atoms with Crippen LogP contribution < -0.4 is 0 Å². The number of benzene rings is 7. The number of hydrogen-bond donors (Lipinski definition) is 0. The van der Waals surface area contributed by atoms with Crippen molar-refractivity contribution in [2.45, 2.75) is 0 Å². The predicted octanol–water partition coefficient (Wildman–Crippen LogP) is 12.9. The molecule has 0 saturated carbocycles. The molecule has 3 heterocycles. The number of hydrogen-bond acceptors (Lipinski definition) is 2. The van der Waals surface area contributed by atoms with Gasteiger partial charge >= 0.3 is 0 Å². The maximum absolute atomic E-state index is 6.16. The van der Waals surface area contributed by atoms with E-state index in [0.29, 0.717) is 0 Å². The van der Waals surface area contributed by atoms with Gasteiger partial charge in [-0.2, -0.15) is 0 Å². The van der Waals surface area contributed by atoms with Crippen LogP contribution in [0.4, 0.5) is 0 Å². The molecule has 0 aliphatic carbocycles. The average Bonchev–Trinajstić information content (AvgIpc) is 3.81. The SMILES string of the molecule is c1ccc(-c2c(-c3ccc4c(c3)sc3ccccc34)c3cc(-c4ccc5oc6ccccc6c5c4)ccc3n2-c2ccccc2)cc1. The van der Waals surface area contributed by atoms with Crippen LogP contribution in [-0.2, 0) is 0 Å². The molecule has 0 amide bonds. The van der Waals surface area contributed by atoms with Gasteiger partial charge in [-0.25, -0.2) is 0 Å². The van der Waals surface area contributed by atoms with Crippen LogP contribution in [0.15, 0.2) is 168 Å². The zero-order valence-electron chi connectivity index (χ0n) is 25.4. The molecular weight excluding hydrogens is 591 g/mol. The Kier molecular flexibility index (Phi) is 5.78. The number of nitrogens with zero attached hydrogens (tertiary/aromatic N) is 1. The third-order valence-corrected chi connectivity index (χ3v) is 10.5. The zero-order valence-corrected chi connectivity index (χ0v) is 26.2. The number of fused-ring (bicyclic) bond motifs is 7. The van der Waals surface area contributed by atoms with Crippen LogP contribution in [0, 0.1) is 0 Å². The van der Waals surface area contributed by atoms with Crippen LogP contribution in [0.25, 0.3) is 92.2 Å². The van der Waals surface area contributed by atoms with Crippen LogP contribution in [0.3, 0.4) is 0 Å². The van der Waals surface area contributed by atoms with Crippen molar-refractivity contribution in [3.8, 4) is 39.2 Å². The number of aromatic nitrogens is 1. The van der Waals surface area contributed by atoms with Crippen LogP contribution in [-0.4, -0.2) is 4.57 Å². The summed E-state index contributed by atoms with van der Waals surface area (Å²) in [6.07, 6.45) is 0. The molecule has 0 bridgehead atoms. The minimum atomic E-state index is 0.912. The number of rotatable bonds is 4. The monoisotopic (exact) mass is 617 g/mol. The van der Waals surface area contributed by atoms with E-state index in [1.165, 1.54) is 64.6 Å². The van der Waals surface area contributed by atoms with Crippen LogP contribution in [0.5, 0.6) is 0 Å². The normalized spacial score (nSPS) is 11.8. The van der Waals surface area contributed by atoms with Crippen molar-refractivity contribution in [2.75, 3.05) is 0 Å². The van der Waals surface area contributed by atoms with Gasteiger partial charge in [-0.15, -0.1) is 11.3 Å². The molecule has 0 N–H and O–H groups in total. The molecule has 0 fully saturated rings. The highest BCUT2D eigenvalue weighted by Crippen LogP contribution is 2.46. The third kappa shape index (κ3) is 4.10. The first-order valence-corrected chi connectivity index (χ1v) is 16.7. The molecule has 3 heteroatoms. The summed E-state index contributed by atoms with van der Waals surface area (Å²) in [5, 5.41) is 6.13. The first-order chi connectivity index (χ1) is 23.3. The molecule has 7 aromatic carbocycles. The van der Waals surface area contributed by atoms with E-state index in [4.69, 9.17) is 4.42 Å². The first kappa shape index (κ1) is 26.3. The second kappa shape index (κ2) is 10.3. The van der Waals surface area contributed by atoms with Crippen molar-refractivity contribution in [2.24, 2.45) is 0 Å². The highest BCUT2D eigenvalue weighted by molar-refractivity contribution is 7.25. The third-order valence-electron chi connectivity index (χ3n) is 9.41. The molecule has 3 aromatic heterocycles. The van der Waals surface area contributed by atoms with Gasteiger partial charge in [-0.1, -0.05) is 109 Å². The van der Waals surface area contributed by atoms with E-state index in [1.807, 2.05) is 23.5 Å². The fourth-order valence-corrected chi connectivity index (χ4v) is 8.41. The summed E-state index contributed by atoms with van der Waals surface area (Å²) >= 11 is 1.87. The molecule has 0 aliphatic rings. The summed E-state index contributed by atoms with van der Waals surface area (Å²) in [5.74, 6) is 0. The highest BCUT2D eigenvalue weighted by Gasteiger charge is 2.23. The van der Waals surface area contributed by atoms with Crippen molar-refractivity contribution in [1.82, 2.24) is 4.57 Å². The standard InChI is InChI=1S/C44H27NOS/c1-3-11-28(12-4-1)44-43(31-19-22-35-34-16-8-10-18-41(34)47-42(35)27-31)37-26-29(20-23-38(37)45(44)32-13-5-2-6-14-32)30-21-24-40-36(25-30)33-15-7-9-17-39(33)46-40/h1-27H. The minimum Gasteiger partial charge on any atom is -0.456 e. The molecule has 0 unspecified atom stereocenters. The van der Waals surface area contributed by atoms with Crippen molar-refractivity contribution in [1.29, 1.82) is 0 Å². The summed E-state index contributed by atoms with van der Waals surface area (Å²) in [6, 6.07) is 59.1. The Morgan fingerprint density at radius 2 is 1.04 bits per heavy atom. The van der Waals surface area contributed by atoms with E-state index >= 15 is 0 Å². The Labute approximate surface area is 275 Å². The topological polar surface area (TPSA) is 18.1 Å². The summed E-state index contributed by atoms with van der Waals surface area (Å²) in [7, 11) is 0. The second-order valence-electron chi connectivity index (χ2n) is 12.1. The lowest BCUT2D eigenvalue weighted by Crippen LogP contribution is -1.97. The first-order valence-electron chi connectivity index (χ1n) is 15.9. The van der Waals surface area contributed by atoms with Crippen molar-refractivity contribution in [3.05, 3.63) is 164 Å². The van der Waals surface area contributed by atoms with Gasteiger partial charge in [0.2, 0.25) is 0 Å². The fourth-order valence-electron chi connectivity index (χ4n) is 7.26. The van der Waals surface area contributed by atoms with Gasteiger partial charge < -0.3 is 8.98 Å². The van der Waals surface area contributed by atoms with E-state index in [9.17, 15) is 0 Å². The Bertz CT molecular complexity index is 2780. The highest BCUT2D eigenvalue weighted by atomic mass is 32.1. The van der Waals surface area contributed by atoms with Crippen LogP contribution >= 0.6 is 11.3 Å². The number of para-hydroxylation sites is 2. The molecule has 0 radical (unpaired) electrons. The van der Waals surface area contributed by atoms with Gasteiger partial charge in [0.1, 0.15) is 11.2 Å². The fraction of sp³-hybridized carbons (Fsp3) is 0. The lowest BCUT2D eigenvalue weighted by molar-refractivity contribution is 0.669. The van der Waals surface area contributed by atoms with E-state index in [0.717, 1.165) is 27.6 Å². The molecule has 10 aromatic rings. The van der Waals surface area contributed by atoms with Crippen molar-refractivity contribution in [3.63, 3.8) is 0 Å².